The summed E-state index contributed by atoms with van der Waals surface area (Å²) in [5, 5.41) is 0.524. The van der Waals surface area contributed by atoms with Gasteiger partial charge in [0.05, 0.1) is 5.88 Å². The van der Waals surface area contributed by atoms with E-state index in [1.807, 2.05) is 0 Å². The summed E-state index contributed by atoms with van der Waals surface area (Å²) in [6, 6.07) is 0. The Balaban J connectivity index is 3.70. The van der Waals surface area contributed by atoms with E-state index in [2.05, 4.69) is 0 Å². The second kappa shape index (κ2) is 6.96. The molecule has 0 amide bonds. The first kappa shape index (κ1) is 11.3. The minimum atomic E-state index is -0.161. The predicted molar refractivity (Wildman–Crippen MR) is 49.6 cm³/mol. The van der Waals surface area contributed by atoms with Crippen LogP contribution in [0.3, 0.4) is 0 Å². The molecule has 0 spiro atoms. The van der Waals surface area contributed by atoms with Crippen LogP contribution in [0.25, 0.3) is 0 Å². The average Bonchev–Trinajstić information content (AvgIpc) is 2.00. The van der Waals surface area contributed by atoms with E-state index >= 15 is 0 Å². The number of rotatable bonds is 5. The van der Waals surface area contributed by atoms with E-state index in [0.717, 1.165) is 6.42 Å². The van der Waals surface area contributed by atoms with Gasteiger partial charge in [-0.05, 0) is 18.9 Å². The standard InChI is InChI=1S/C7H9Cl3O/c8-3-1-2-6(10)4-7(11)5-9/h4H,1-3,5H2/b6-4-. The molecule has 0 heterocycles. The van der Waals surface area contributed by atoms with Crippen LogP contribution in [0.2, 0.25) is 0 Å². The Kier molecular flexibility index (Phi) is 7.13. The van der Waals surface area contributed by atoms with E-state index in [1.165, 1.54) is 6.08 Å². The van der Waals surface area contributed by atoms with Crippen LogP contribution in [0.15, 0.2) is 11.1 Å². The Morgan fingerprint density at radius 1 is 1.36 bits per heavy atom. The maximum atomic E-state index is 10.7. The summed E-state index contributed by atoms with van der Waals surface area (Å²) in [6.07, 6.45) is 2.78. The Morgan fingerprint density at radius 2 is 2.00 bits per heavy atom. The molecular formula is C7H9Cl3O. The molecule has 0 aromatic rings. The fourth-order valence-electron chi connectivity index (χ4n) is 0.521. The highest BCUT2D eigenvalue weighted by Crippen LogP contribution is 2.10. The highest BCUT2D eigenvalue weighted by Gasteiger charge is 1.97. The van der Waals surface area contributed by atoms with Crippen LogP contribution in [0.4, 0.5) is 0 Å². The van der Waals surface area contributed by atoms with Crippen molar-refractivity contribution in [2.24, 2.45) is 0 Å². The molecule has 0 aromatic heterocycles. The Bertz CT molecular complexity index is 154. The zero-order chi connectivity index (χ0) is 8.69. The second-order valence-electron chi connectivity index (χ2n) is 1.98. The van der Waals surface area contributed by atoms with Gasteiger partial charge in [0.25, 0.3) is 0 Å². The van der Waals surface area contributed by atoms with E-state index in [-0.39, 0.29) is 11.7 Å². The Morgan fingerprint density at radius 3 is 2.45 bits per heavy atom. The number of carbonyl (C=O) groups excluding carboxylic acids is 1. The first-order valence-corrected chi connectivity index (χ1v) is 4.66. The third kappa shape index (κ3) is 6.67. The van der Waals surface area contributed by atoms with Crippen LogP contribution < -0.4 is 0 Å². The fraction of sp³-hybridized carbons (Fsp3) is 0.571. The summed E-state index contributed by atoms with van der Waals surface area (Å²) in [5.41, 5.74) is 0. The fourth-order valence-corrected chi connectivity index (χ4v) is 0.987. The van der Waals surface area contributed by atoms with E-state index < -0.39 is 0 Å². The number of hydrogen-bond donors (Lipinski definition) is 0. The van der Waals surface area contributed by atoms with Gasteiger partial charge in [-0.1, -0.05) is 11.6 Å². The van der Waals surface area contributed by atoms with Crippen molar-refractivity contribution in [1.82, 2.24) is 0 Å². The molecule has 0 aliphatic rings. The van der Waals surface area contributed by atoms with Crippen LogP contribution in [-0.4, -0.2) is 17.5 Å². The smallest absolute Gasteiger partial charge is 0.171 e. The molecular weight excluding hydrogens is 206 g/mol. The highest BCUT2D eigenvalue weighted by molar-refractivity contribution is 6.34. The average molecular weight is 216 g/mol. The summed E-state index contributed by atoms with van der Waals surface area (Å²) in [5.74, 6) is 0.377. The van der Waals surface area contributed by atoms with Gasteiger partial charge >= 0.3 is 0 Å². The molecule has 64 valence electrons. The highest BCUT2D eigenvalue weighted by atomic mass is 35.5. The molecule has 0 saturated carbocycles. The van der Waals surface area contributed by atoms with Gasteiger partial charge in [0, 0.05) is 10.9 Å². The Hall–Kier alpha value is 0.280. The van der Waals surface area contributed by atoms with Crippen molar-refractivity contribution in [3.63, 3.8) is 0 Å². The van der Waals surface area contributed by atoms with Gasteiger partial charge in [-0.15, -0.1) is 23.2 Å². The van der Waals surface area contributed by atoms with Gasteiger partial charge in [-0.2, -0.15) is 0 Å². The van der Waals surface area contributed by atoms with Gasteiger partial charge in [0.1, 0.15) is 0 Å². The van der Waals surface area contributed by atoms with Crippen molar-refractivity contribution in [1.29, 1.82) is 0 Å². The maximum Gasteiger partial charge on any atom is 0.171 e. The quantitative estimate of drug-likeness (QED) is 0.509. The van der Waals surface area contributed by atoms with Crippen molar-refractivity contribution in [2.45, 2.75) is 12.8 Å². The lowest BCUT2D eigenvalue weighted by Gasteiger charge is -1.93. The molecule has 0 atom stereocenters. The number of hydrogen-bond acceptors (Lipinski definition) is 1. The van der Waals surface area contributed by atoms with Crippen molar-refractivity contribution in [2.75, 3.05) is 11.8 Å². The molecule has 0 unspecified atom stereocenters. The molecule has 1 nitrogen and oxygen atoms in total. The summed E-state index contributed by atoms with van der Waals surface area (Å²) in [6.45, 7) is 0. The van der Waals surface area contributed by atoms with Gasteiger partial charge in [0.2, 0.25) is 0 Å². The van der Waals surface area contributed by atoms with Gasteiger partial charge < -0.3 is 0 Å². The first-order chi connectivity index (χ1) is 5.20. The van der Waals surface area contributed by atoms with Crippen LogP contribution in [0, 0.1) is 0 Å². The lowest BCUT2D eigenvalue weighted by molar-refractivity contribution is -0.112. The molecule has 0 aliphatic carbocycles. The molecule has 0 aromatic carbocycles. The Labute approximate surface area is 81.3 Å². The van der Waals surface area contributed by atoms with Crippen molar-refractivity contribution in [3.05, 3.63) is 11.1 Å². The van der Waals surface area contributed by atoms with Crippen LogP contribution in [-0.2, 0) is 4.79 Å². The van der Waals surface area contributed by atoms with Crippen LogP contribution >= 0.6 is 34.8 Å². The van der Waals surface area contributed by atoms with Gasteiger partial charge in [-0.3, -0.25) is 4.79 Å². The molecule has 0 fully saturated rings. The van der Waals surface area contributed by atoms with E-state index in [1.54, 1.807) is 0 Å². The molecule has 0 rings (SSSR count). The monoisotopic (exact) mass is 214 g/mol. The number of halogens is 3. The molecule has 4 heteroatoms. The van der Waals surface area contributed by atoms with Gasteiger partial charge in [-0.25, -0.2) is 0 Å². The summed E-state index contributed by atoms with van der Waals surface area (Å²) >= 11 is 16.3. The first-order valence-electron chi connectivity index (χ1n) is 3.21. The van der Waals surface area contributed by atoms with Crippen molar-refractivity contribution >= 4 is 40.6 Å². The maximum absolute atomic E-state index is 10.7. The minimum Gasteiger partial charge on any atom is -0.293 e. The largest absolute Gasteiger partial charge is 0.293 e. The zero-order valence-electron chi connectivity index (χ0n) is 5.95. The number of alkyl halides is 2. The lowest BCUT2D eigenvalue weighted by atomic mass is 10.3. The third-order valence-corrected chi connectivity index (χ3v) is 1.83. The third-order valence-electron chi connectivity index (χ3n) is 0.999. The molecule has 0 radical (unpaired) electrons. The minimum absolute atomic E-state index is 0.0168. The molecule has 11 heavy (non-hydrogen) atoms. The number of carbonyl (C=O) groups is 1. The van der Waals surface area contributed by atoms with E-state index in [0.29, 0.717) is 17.3 Å². The van der Waals surface area contributed by atoms with E-state index in [9.17, 15) is 4.79 Å². The number of allylic oxidation sites excluding steroid dienone is 2. The normalized spacial score (nSPS) is 11.7. The predicted octanol–water partition coefficient (Wildman–Crippen LogP) is 2.94. The topological polar surface area (TPSA) is 17.1 Å². The molecule has 0 aliphatic heterocycles. The summed E-state index contributed by atoms with van der Waals surface area (Å²) in [7, 11) is 0. The summed E-state index contributed by atoms with van der Waals surface area (Å²) < 4.78 is 0. The molecule has 0 bridgehead atoms. The second-order valence-corrected chi connectivity index (χ2v) is 3.11. The van der Waals surface area contributed by atoms with Crippen molar-refractivity contribution < 1.29 is 4.79 Å². The van der Waals surface area contributed by atoms with E-state index in [4.69, 9.17) is 34.8 Å². The molecule has 0 saturated heterocycles. The van der Waals surface area contributed by atoms with Crippen molar-refractivity contribution in [3.8, 4) is 0 Å². The van der Waals surface area contributed by atoms with Gasteiger partial charge in [0.15, 0.2) is 5.78 Å². The number of ketones is 1. The lowest BCUT2D eigenvalue weighted by Crippen LogP contribution is -1.93. The SMILES string of the molecule is O=C(/C=C(\Cl)CCCCl)CCl. The zero-order valence-corrected chi connectivity index (χ0v) is 8.22. The van der Waals surface area contributed by atoms with Crippen LogP contribution in [0.1, 0.15) is 12.8 Å². The summed E-state index contributed by atoms with van der Waals surface area (Å²) in [4.78, 5) is 10.7. The van der Waals surface area contributed by atoms with Crippen LogP contribution in [0.5, 0.6) is 0 Å². The molecule has 0 N–H and O–H groups in total.